The summed E-state index contributed by atoms with van der Waals surface area (Å²) >= 11 is 5.85. The summed E-state index contributed by atoms with van der Waals surface area (Å²) in [7, 11) is 0. The lowest BCUT2D eigenvalue weighted by atomic mass is 10.1. The van der Waals surface area contributed by atoms with Crippen molar-refractivity contribution in [3.63, 3.8) is 0 Å². The zero-order chi connectivity index (χ0) is 8.55. The monoisotopic (exact) mass is 184 g/mol. The molecule has 2 heterocycles. The maximum atomic E-state index is 9.07. The lowest BCUT2D eigenvalue weighted by Gasteiger charge is -2.37. The molecule has 0 radical (unpaired) electrons. The summed E-state index contributed by atoms with van der Waals surface area (Å²) in [6.07, 6.45) is 1.45. The Morgan fingerprint density at radius 3 is 2.92 bits per heavy atom. The van der Waals surface area contributed by atoms with Gasteiger partial charge in [0.05, 0.1) is 11.8 Å². The molecule has 0 amide bonds. The Morgan fingerprint density at radius 1 is 1.58 bits per heavy atom. The third-order valence-corrected chi connectivity index (χ3v) is 2.23. The van der Waals surface area contributed by atoms with Gasteiger partial charge in [0.1, 0.15) is 0 Å². The summed E-state index contributed by atoms with van der Waals surface area (Å²) in [4.78, 5) is 5.95. The van der Waals surface area contributed by atoms with E-state index in [2.05, 4.69) is 4.98 Å². The SMILES string of the molecule is OC1CN(c2cccnc2Cl)C1. The summed E-state index contributed by atoms with van der Waals surface area (Å²) in [5, 5.41) is 9.57. The van der Waals surface area contributed by atoms with E-state index in [1.165, 1.54) is 0 Å². The molecular formula is C8H9ClN2O. The summed E-state index contributed by atoms with van der Waals surface area (Å²) < 4.78 is 0. The first-order valence-corrected chi connectivity index (χ1v) is 4.18. The van der Waals surface area contributed by atoms with Gasteiger partial charge in [-0.05, 0) is 12.1 Å². The van der Waals surface area contributed by atoms with Gasteiger partial charge in [0.15, 0.2) is 5.15 Å². The number of hydrogen-bond donors (Lipinski definition) is 1. The molecule has 4 heteroatoms. The number of hydrogen-bond acceptors (Lipinski definition) is 3. The van der Waals surface area contributed by atoms with E-state index in [0.717, 1.165) is 5.69 Å². The fourth-order valence-electron chi connectivity index (χ4n) is 1.27. The van der Waals surface area contributed by atoms with Crippen LogP contribution in [0.2, 0.25) is 5.15 Å². The van der Waals surface area contributed by atoms with Crippen LogP contribution < -0.4 is 4.90 Å². The molecule has 0 bridgehead atoms. The van der Waals surface area contributed by atoms with Crippen LogP contribution in [-0.4, -0.2) is 29.3 Å². The maximum absolute atomic E-state index is 9.07. The first-order valence-electron chi connectivity index (χ1n) is 3.81. The largest absolute Gasteiger partial charge is 0.389 e. The Labute approximate surface area is 75.6 Å². The van der Waals surface area contributed by atoms with E-state index in [4.69, 9.17) is 16.7 Å². The van der Waals surface area contributed by atoms with Crippen molar-refractivity contribution in [2.24, 2.45) is 0 Å². The van der Waals surface area contributed by atoms with Gasteiger partial charge in [-0.2, -0.15) is 0 Å². The highest BCUT2D eigenvalue weighted by molar-refractivity contribution is 6.32. The van der Waals surface area contributed by atoms with Crippen LogP contribution in [0.25, 0.3) is 0 Å². The highest BCUT2D eigenvalue weighted by Gasteiger charge is 2.25. The van der Waals surface area contributed by atoms with E-state index >= 15 is 0 Å². The van der Waals surface area contributed by atoms with Crippen molar-refractivity contribution in [2.45, 2.75) is 6.10 Å². The molecule has 1 aliphatic rings. The second-order valence-electron chi connectivity index (χ2n) is 2.87. The normalized spacial score (nSPS) is 17.7. The third-order valence-electron chi connectivity index (χ3n) is 1.94. The van der Waals surface area contributed by atoms with E-state index in [0.29, 0.717) is 18.2 Å². The van der Waals surface area contributed by atoms with Gasteiger partial charge in [0.2, 0.25) is 0 Å². The first kappa shape index (κ1) is 7.83. The van der Waals surface area contributed by atoms with E-state index in [-0.39, 0.29) is 6.10 Å². The van der Waals surface area contributed by atoms with E-state index in [1.807, 2.05) is 17.0 Å². The van der Waals surface area contributed by atoms with Gasteiger partial charge in [-0.3, -0.25) is 0 Å². The summed E-state index contributed by atoms with van der Waals surface area (Å²) in [5.74, 6) is 0. The van der Waals surface area contributed by atoms with Crippen molar-refractivity contribution in [1.29, 1.82) is 0 Å². The molecule has 1 fully saturated rings. The molecule has 1 aliphatic heterocycles. The molecule has 2 rings (SSSR count). The van der Waals surface area contributed by atoms with Crippen LogP contribution in [-0.2, 0) is 0 Å². The van der Waals surface area contributed by atoms with Crippen molar-refractivity contribution < 1.29 is 5.11 Å². The van der Waals surface area contributed by atoms with Crippen molar-refractivity contribution in [2.75, 3.05) is 18.0 Å². The second kappa shape index (κ2) is 2.92. The Bertz CT molecular complexity index is 286. The van der Waals surface area contributed by atoms with Crippen LogP contribution in [0.4, 0.5) is 5.69 Å². The molecule has 0 aromatic carbocycles. The molecule has 1 aromatic heterocycles. The molecule has 0 aliphatic carbocycles. The average Bonchev–Trinajstić information content (AvgIpc) is 2.01. The molecule has 0 atom stereocenters. The molecule has 0 spiro atoms. The summed E-state index contributed by atoms with van der Waals surface area (Å²) in [6, 6.07) is 3.74. The van der Waals surface area contributed by atoms with Gasteiger partial charge in [0.25, 0.3) is 0 Å². The lowest BCUT2D eigenvalue weighted by molar-refractivity contribution is 0.142. The Kier molecular flexibility index (Phi) is 1.90. The number of anilines is 1. The minimum Gasteiger partial charge on any atom is -0.389 e. The van der Waals surface area contributed by atoms with Crippen molar-refractivity contribution in [1.82, 2.24) is 4.98 Å². The summed E-state index contributed by atoms with van der Waals surface area (Å²) in [6.45, 7) is 1.32. The van der Waals surface area contributed by atoms with Gasteiger partial charge < -0.3 is 10.0 Å². The van der Waals surface area contributed by atoms with Crippen LogP contribution in [0.1, 0.15) is 0 Å². The minimum atomic E-state index is -0.207. The number of nitrogens with zero attached hydrogens (tertiary/aromatic N) is 2. The van der Waals surface area contributed by atoms with Crippen molar-refractivity contribution in [3.8, 4) is 0 Å². The Balaban J connectivity index is 2.18. The Hall–Kier alpha value is -0.800. The number of aromatic nitrogens is 1. The molecule has 64 valence electrons. The predicted molar refractivity (Wildman–Crippen MR) is 47.5 cm³/mol. The van der Waals surface area contributed by atoms with Crippen LogP contribution >= 0.6 is 11.6 Å². The fraction of sp³-hybridized carbons (Fsp3) is 0.375. The zero-order valence-corrected chi connectivity index (χ0v) is 7.20. The number of pyridine rings is 1. The van der Waals surface area contributed by atoms with Gasteiger partial charge >= 0.3 is 0 Å². The quantitative estimate of drug-likeness (QED) is 0.660. The molecule has 3 nitrogen and oxygen atoms in total. The van der Waals surface area contributed by atoms with E-state index in [9.17, 15) is 0 Å². The molecule has 1 aromatic rings. The van der Waals surface area contributed by atoms with Gasteiger partial charge in [-0.15, -0.1) is 0 Å². The van der Waals surface area contributed by atoms with Gasteiger partial charge in [0, 0.05) is 19.3 Å². The molecule has 12 heavy (non-hydrogen) atoms. The summed E-state index contributed by atoms with van der Waals surface area (Å²) in [5.41, 5.74) is 0.907. The highest BCUT2D eigenvalue weighted by atomic mass is 35.5. The molecular weight excluding hydrogens is 176 g/mol. The molecule has 0 unspecified atom stereocenters. The van der Waals surface area contributed by atoms with Crippen molar-refractivity contribution >= 4 is 17.3 Å². The second-order valence-corrected chi connectivity index (χ2v) is 3.23. The minimum absolute atomic E-state index is 0.207. The lowest BCUT2D eigenvalue weighted by Crippen LogP contribution is -2.51. The van der Waals surface area contributed by atoms with Crippen LogP contribution in [0.3, 0.4) is 0 Å². The van der Waals surface area contributed by atoms with Gasteiger partial charge in [-0.1, -0.05) is 11.6 Å². The van der Waals surface area contributed by atoms with Crippen LogP contribution in [0.15, 0.2) is 18.3 Å². The molecule has 1 saturated heterocycles. The fourth-order valence-corrected chi connectivity index (χ4v) is 1.50. The van der Waals surface area contributed by atoms with E-state index < -0.39 is 0 Å². The van der Waals surface area contributed by atoms with E-state index in [1.54, 1.807) is 6.20 Å². The number of halogens is 1. The predicted octanol–water partition coefficient (Wildman–Crippen LogP) is 0.916. The van der Waals surface area contributed by atoms with Crippen molar-refractivity contribution in [3.05, 3.63) is 23.5 Å². The number of β-amino-alcohol motifs (C(OH)–C–C–N with tert-alkyl or cyclic N) is 1. The topological polar surface area (TPSA) is 36.4 Å². The number of aliphatic hydroxyl groups excluding tert-OH is 1. The van der Waals surface area contributed by atoms with Gasteiger partial charge in [-0.25, -0.2) is 4.98 Å². The smallest absolute Gasteiger partial charge is 0.152 e. The first-order chi connectivity index (χ1) is 5.77. The zero-order valence-electron chi connectivity index (χ0n) is 6.44. The number of rotatable bonds is 1. The standard InChI is InChI=1S/C8H9ClN2O/c9-8-7(2-1-3-10-8)11-4-6(12)5-11/h1-3,6,12H,4-5H2. The van der Waals surface area contributed by atoms with Crippen LogP contribution in [0, 0.1) is 0 Å². The molecule has 0 saturated carbocycles. The van der Waals surface area contributed by atoms with Crippen LogP contribution in [0.5, 0.6) is 0 Å². The Morgan fingerprint density at radius 2 is 2.33 bits per heavy atom. The maximum Gasteiger partial charge on any atom is 0.152 e. The number of aliphatic hydroxyl groups is 1. The molecule has 1 N–H and O–H groups in total. The third kappa shape index (κ3) is 1.26. The highest BCUT2D eigenvalue weighted by Crippen LogP contribution is 2.26. The average molecular weight is 185 g/mol.